The quantitative estimate of drug-likeness (QED) is 0.305. The highest BCUT2D eigenvalue weighted by molar-refractivity contribution is 7.80. The van der Waals surface area contributed by atoms with E-state index >= 15 is 0 Å². The van der Waals surface area contributed by atoms with Crippen LogP contribution in [0.25, 0.3) is 0 Å². The van der Waals surface area contributed by atoms with Crippen LogP contribution in [0.4, 0.5) is 0 Å². The first kappa shape index (κ1) is 10.2. The first-order valence-corrected chi connectivity index (χ1v) is 4.08. The molecule has 0 saturated carbocycles. The summed E-state index contributed by atoms with van der Waals surface area (Å²) >= 11 is 3.81. The summed E-state index contributed by atoms with van der Waals surface area (Å²) in [7, 11) is 0. The van der Waals surface area contributed by atoms with Crippen LogP contribution in [0.5, 0.6) is 0 Å². The molecule has 4 unspecified atom stereocenters. The molecule has 1 rings (SSSR count). The molecule has 0 aromatic rings. The van der Waals surface area contributed by atoms with E-state index in [1.54, 1.807) is 0 Å². The highest BCUT2D eigenvalue weighted by Gasteiger charge is 2.41. The van der Waals surface area contributed by atoms with Gasteiger partial charge >= 0.3 is 0 Å². The van der Waals surface area contributed by atoms with Gasteiger partial charge in [-0.05, 0) is 0 Å². The number of thiol groups is 1. The largest absolute Gasteiger partial charge is 0.394 e. The molecule has 12 heavy (non-hydrogen) atoms. The van der Waals surface area contributed by atoms with Crippen LogP contribution >= 0.6 is 12.6 Å². The molecule has 1 aliphatic rings. The molecule has 0 radical (unpaired) electrons. The van der Waals surface area contributed by atoms with Gasteiger partial charge in [0.25, 0.3) is 0 Å². The van der Waals surface area contributed by atoms with Crippen LogP contribution in [-0.2, 0) is 4.74 Å². The molecule has 0 aromatic carbocycles. The summed E-state index contributed by atoms with van der Waals surface area (Å²) in [6, 6.07) is 0. The average molecular weight is 196 g/mol. The van der Waals surface area contributed by atoms with Gasteiger partial charge in [-0.25, -0.2) is 0 Å². The fourth-order valence-corrected chi connectivity index (χ4v) is 1.41. The lowest BCUT2D eigenvalue weighted by Gasteiger charge is -2.37. The second-order valence-corrected chi connectivity index (χ2v) is 3.23. The summed E-state index contributed by atoms with van der Waals surface area (Å²) in [5.41, 5.74) is -0.874. The minimum Gasteiger partial charge on any atom is -0.394 e. The van der Waals surface area contributed by atoms with Gasteiger partial charge in [-0.15, -0.1) is 12.6 Å². The number of aliphatic hydroxyl groups is 4. The summed E-state index contributed by atoms with van der Waals surface area (Å²) in [5.74, 6) is 0. The van der Waals surface area contributed by atoms with E-state index in [4.69, 9.17) is 14.9 Å². The Morgan fingerprint density at radius 1 is 1.08 bits per heavy atom. The molecule has 5 atom stereocenters. The van der Waals surface area contributed by atoms with E-state index in [9.17, 15) is 10.2 Å². The van der Waals surface area contributed by atoms with E-state index in [-0.39, 0.29) is 0 Å². The maximum atomic E-state index is 9.20. The molecule has 5 nitrogen and oxygen atoms in total. The second-order valence-electron chi connectivity index (χ2n) is 2.72. The van der Waals surface area contributed by atoms with Crippen LogP contribution < -0.4 is 0 Å². The number of aliphatic hydroxyl groups excluding tert-OH is 4. The van der Waals surface area contributed by atoms with Crippen molar-refractivity contribution in [3.63, 3.8) is 0 Å². The van der Waals surface area contributed by atoms with Crippen molar-refractivity contribution in [2.45, 2.75) is 29.9 Å². The number of ether oxygens (including phenoxy) is 1. The van der Waals surface area contributed by atoms with Crippen LogP contribution in [0, 0.1) is 0 Å². The van der Waals surface area contributed by atoms with E-state index in [2.05, 4.69) is 12.6 Å². The van der Waals surface area contributed by atoms with Crippen LogP contribution in [-0.4, -0.2) is 56.9 Å². The summed E-state index contributed by atoms with van der Waals surface area (Å²) in [6.07, 6.45) is -4.70. The topological polar surface area (TPSA) is 90.2 Å². The van der Waals surface area contributed by atoms with Crippen molar-refractivity contribution >= 4 is 12.6 Å². The zero-order valence-corrected chi connectivity index (χ0v) is 7.13. The Labute approximate surface area is 75.0 Å². The molecular weight excluding hydrogens is 184 g/mol. The number of hydrogen-bond acceptors (Lipinski definition) is 6. The maximum Gasteiger partial charge on any atom is 0.129 e. The average Bonchev–Trinajstić information content (AvgIpc) is 2.08. The van der Waals surface area contributed by atoms with Gasteiger partial charge in [0.1, 0.15) is 29.9 Å². The van der Waals surface area contributed by atoms with Crippen LogP contribution in [0.3, 0.4) is 0 Å². The molecule has 0 aliphatic carbocycles. The van der Waals surface area contributed by atoms with Gasteiger partial charge in [0.05, 0.1) is 6.61 Å². The lowest BCUT2D eigenvalue weighted by Crippen LogP contribution is -2.56. The van der Waals surface area contributed by atoms with Gasteiger partial charge in [0.15, 0.2) is 0 Å². The van der Waals surface area contributed by atoms with Gasteiger partial charge in [-0.1, -0.05) is 0 Å². The van der Waals surface area contributed by atoms with Gasteiger partial charge in [-0.3, -0.25) is 0 Å². The second kappa shape index (κ2) is 3.91. The minimum atomic E-state index is -1.32. The van der Waals surface area contributed by atoms with E-state index in [1.807, 2.05) is 0 Å². The lowest BCUT2D eigenvalue weighted by molar-refractivity contribution is -0.205. The van der Waals surface area contributed by atoms with Crippen molar-refractivity contribution < 1.29 is 25.2 Å². The molecule has 72 valence electrons. The lowest BCUT2D eigenvalue weighted by atomic mass is 10.0. The Bertz CT molecular complexity index is 150. The smallest absolute Gasteiger partial charge is 0.129 e. The molecule has 1 fully saturated rings. The predicted molar refractivity (Wildman–Crippen MR) is 42.8 cm³/mol. The first-order chi connectivity index (χ1) is 5.57. The van der Waals surface area contributed by atoms with Crippen molar-refractivity contribution in [2.75, 3.05) is 6.61 Å². The van der Waals surface area contributed by atoms with E-state index in [0.717, 1.165) is 0 Å². The molecule has 0 spiro atoms. The Morgan fingerprint density at radius 3 is 2.17 bits per heavy atom. The van der Waals surface area contributed by atoms with E-state index in [0.29, 0.717) is 0 Å². The van der Waals surface area contributed by atoms with Crippen molar-refractivity contribution in [1.29, 1.82) is 0 Å². The first-order valence-electron chi connectivity index (χ1n) is 3.56. The third kappa shape index (κ3) is 1.73. The normalized spacial score (nSPS) is 49.2. The Hall–Kier alpha value is 0.150. The summed E-state index contributed by atoms with van der Waals surface area (Å²) in [5, 5.41) is 36.2. The van der Waals surface area contributed by atoms with E-state index in [1.165, 1.54) is 0 Å². The van der Waals surface area contributed by atoms with Crippen molar-refractivity contribution in [2.24, 2.45) is 0 Å². The third-order valence-corrected chi connectivity index (χ3v) is 2.29. The monoisotopic (exact) mass is 196 g/mol. The van der Waals surface area contributed by atoms with Gasteiger partial charge in [-0.2, -0.15) is 0 Å². The molecule has 1 heterocycles. The molecular formula is C6H12O5S. The molecule has 0 amide bonds. The Morgan fingerprint density at radius 2 is 1.67 bits per heavy atom. The molecule has 6 heteroatoms. The highest BCUT2D eigenvalue weighted by Crippen LogP contribution is 2.22. The van der Waals surface area contributed by atoms with Crippen molar-refractivity contribution in [3.05, 3.63) is 0 Å². The fourth-order valence-electron chi connectivity index (χ4n) is 1.08. The molecule has 1 saturated heterocycles. The Balaban J connectivity index is 2.63. The zero-order chi connectivity index (χ0) is 9.30. The molecule has 0 aromatic heterocycles. The minimum absolute atomic E-state index is 0.415. The van der Waals surface area contributed by atoms with Crippen molar-refractivity contribution in [1.82, 2.24) is 0 Å². The number of rotatable bonds is 1. The molecule has 4 N–H and O–H groups in total. The Kier molecular flexibility index (Phi) is 3.33. The van der Waals surface area contributed by atoms with Crippen LogP contribution in [0.1, 0.15) is 0 Å². The summed E-state index contributed by atoms with van der Waals surface area (Å²) < 4.78 is 4.88. The SMILES string of the molecule is OCC1OC(S)C(O)C(O)[C@@H]1O. The molecule has 0 bridgehead atoms. The predicted octanol–water partition coefficient (Wildman–Crippen LogP) is -2.28. The van der Waals surface area contributed by atoms with E-state index < -0.39 is 36.5 Å². The standard InChI is InChI=1S/C6H12O5S/c7-1-2-3(8)4(9)5(10)6(12)11-2/h2-10,12H,1H2/t2?,3-,4?,5?,6?/m1/s1. The fraction of sp³-hybridized carbons (Fsp3) is 1.00. The summed E-state index contributed by atoms with van der Waals surface area (Å²) in [4.78, 5) is 0. The van der Waals surface area contributed by atoms with Crippen LogP contribution in [0.15, 0.2) is 0 Å². The van der Waals surface area contributed by atoms with Gasteiger partial charge < -0.3 is 25.2 Å². The number of hydrogen-bond donors (Lipinski definition) is 5. The van der Waals surface area contributed by atoms with Gasteiger partial charge in [0.2, 0.25) is 0 Å². The van der Waals surface area contributed by atoms with Gasteiger partial charge in [0, 0.05) is 0 Å². The zero-order valence-electron chi connectivity index (χ0n) is 6.24. The van der Waals surface area contributed by atoms with Crippen molar-refractivity contribution in [3.8, 4) is 0 Å². The molecule has 1 aliphatic heterocycles. The maximum absolute atomic E-state index is 9.20. The summed E-state index contributed by atoms with van der Waals surface area (Å²) in [6.45, 7) is -0.415. The van der Waals surface area contributed by atoms with Crippen LogP contribution in [0.2, 0.25) is 0 Å². The third-order valence-electron chi connectivity index (χ3n) is 1.87. The highest BCUT2D eigenvalue weighted by atomic mass is 32.1.